The molecule has 0 radical (unpaired) electrons. The molecule has 0 bridgehead atoms. The van der Waals surface area contributed by atoms with E-state index in [1.165, 1.54) is 55.6 Å². The van der Waals surface area contributed by atoms with Crippen LogP contribution in [0, 0.1) is 0 Å². The molecule has 0 unspecified atom stereocenters. The number of hydrogen-bond acceptors (Lipinski definition) is 3. The van der Waals surface area contributed by atoms with Gasteiger partial charge in [-0.1, -0.05) is 224 Å². The minimum absolute atomic E-state index is 0.450. The highest BCUT2D eigenvalue weighted by Crippen LogP contribution is 2.58. The highest BCUT2D eigenvalue weighted by Gasteiger charge is 2.46. The van der Waals surface area contributed by atoms with Crippen LogP contribution in [0.3, 0.4) is 0 Å². The van der Waals surface area contributed by atoms with E-state index in [1.54, 1.807) is 0 Å². The molecule has 0 fully saturated rings. The van der Waals surface area contributed by atoms with Gasteiger partial charge in [0.05, 0.1) is 5.41 Å². The number of benzene rings is 10. The molecule has 0 amide bonds. The van der Waals surface area contributed by atoms with Gasteiger partial charge in [-0.2, -0.15) is 0 Å². The first-order valence-corrected chi connectivity index (χ1v) is 21.5. The smallest absolute Gasteiger partial charge is 0.164 e. The summed E-state index contributed by atoms with van der Waals surface area (Å²) in [6, 6.07) is 84.8. The second kappa shape index (κ2) is 15.0. The lowest BCUT2D eigenvalue weighted by Crippen LogP contribution is -2.28. The van der Waals surface area contributed by atoms with Crippen LogP contribution in [-0.4, -0.2) is 15.0 Å². The van der Waals surface area contributed by atoms with Crippen molar-refractivity contribution < 1.29 is 0 Å². The van der Waals surface area contributed by atoms with Crippen molar-refractivity contribution in [2.45, 2.75) is 5.41 Å². The third-order valence-corrected chi connectivity index (χ3v) is 12.8. The minimum atomic E-state index is -0.450. The normalized spacial score (nSPS) is 12.6. The average molecular weight is 802 g/mol. The van der Waals surface area contributed by atoms with Gasteiger partial charge in [-0.05, 0) is 89.3 Å². The molecule has 1 aliphatic carbocycles. The number of fused-ring (bicyclic) bond motifs is 5. The average Bonchev–Trinajstić information content (AvgIpc) is 3.68. The Labute approximate surface area is 366 Å². The van der Waals surface area contributed by atoms with Crippen molar-refractivity contribution in [3.05, 3.63) is 259 Å². The maximum absolute atomic E-state index is 5.23. The quantitative estimate of drug-likeness (QED) is 0.161. The lowest BCUT2D eigenvalue weighted by Gasteiger charge is -2.34. The summed E-state index contributed by atoms with van der Waals surface area (Å²) in [5.41, 5.74) is 14.8. The van der Waals surface area contributed by atoms with Crippen LogP contribution in [0.1, 0.15) is 22.3 Å². The summed E-state index contributed by atoms with van der Waals surface area (Å²) in [4.78, 5) is 15.5. The van der Waals surface area contributed by atoms with Crippen molar-refractivity contribution in [3.8, 4) is 67.5 Å². The van der Waals surface area contributed by atoms with E-state index in [0.717, 1.165) is 38.2 Å². The summed E-state index contributed by atoms with van der Waals surface area (Å²) in [6.45, 7) is 0. The number of rotatable bonds is 7. The third kappa shape index (κ3) is 6.01. The Morgan fingerprint density at radius 1 is 0.270 bits per heavy atom. The van der Waals surface area contributed by atoms with Gasteiger partial charge in [0.25, 0.3) is 0 Å². The summed E-state index contributed by atoms with van der Waals surface area (Å²) >= 11 is 0. The highest BCUT2D eigenvalue weighted by molar-refractivity contribution is 6.04. The fourth-order valence-electron chi connectivity index (χ4n) is 10.0. The standard InChI is InChI=1S/C60H39N3/c1-5-18-40(19-6-1)48-27-15-30-51-50(48)29-16-31-52(51)59-62-57(41-20-7-2-8-21-41)61-58(63-59)45-37-35-42-38-44(36-34-43(42)39-45)49-28-17-33-55-56(49)53-26-13-14-32-54(53)60(55,46-22-9-3-10-23-46)47-24-11-4-12-25-47/h1-39H. The summed E-state index contributed by atoms with van der Waals surface area (Å²) in [5, 5.41) is 4.52. The molecular weight excluding hydrogens is 763 g/mol. The molecule has 1 heterocycles. The Bertz CT molecular complexity index is 3450. The van der Waals surface area contributed by atoms with Gasteiger partial charge in [0.2, 0.25) is 0 Å². The molecule has 0 saturated heterocycles. The van der Waals surface area contributed by atoms with E-state index < -0.39 is 5.41 Å². The fraction of sp³-hybridized carbons (Fsp3) is 0.0167. The topological polar surface area (TPSA) is 38.7 Å². The first-order chi connectivity index (χ1) is 31.2. The summed E-state index contributed by atoms with van der Waals surface area (Å²) < 4.78 is 0. The second-order valence-electron chi connectivity index (χ2n) is 16.3. The summed E-state index contributed by atoms with van der Waals surface area (Å²) in [7, 11) is 0. The zero-order valence-corrected chi connectivity index (χ0v) is 34.4. The molecule has 10 aromatic carbocycles. The van der Waals surface area contributed by atoms with E-state index in [9.17, 15) is 0 Å². The second-order valence-corrected chi connectivity index (χ2v) is 16.3. The Morgan fingerprint density at radius 2 is 0.730 bits per heavy atom. The van der Waals surface area contributed by atoms with Crippen LogP contribution in [-0.2, 0) is 5.41 Å². The zero-order chi connectivity index (χ0) is 41.7. The molecule has 3 heteroatoms. The Morgan fingerprint density at radius 3 is 1.41 bits per heavy atom. The molecule has 0 aliphatic heterocycles. The molecule has 3 nitrogen and oxygen atoms in total. The Balaban J connectivity index is 0.988. The van der Waals surface area contributed by atoms with E-state index in [4.69, 9.17) is 15.0 Å². The molecule has 63 heavy (non-hydrogen) atoms. The fourth-order valence-corrected chi connectivity index (χ4v) is 10.0. The maximum Gasteiger partial charge on any atom is 0.164 e. The SMILES string of the molecule is c1ccc(-c2nc(-c3ccc4cc(-c5cccc6c5-c5ccccc5C6(c5ccccc5)c5ccccc5)ccc4c3)nc(-c3cccc4c(-c5ccccc5)cccc34)n2)cc1. The van der Waals surface area contributed by atoms with Crippen LogP contribution in [0.25, 0.3) is 89.1 Å². The first kappa shape index (κ1) is 36.6. The van der Waals surface area contributed by atoms with Gasteiger partial charge in [-0.3, -0.25) is 0 Å². The number of hydrogen-bond donors (Lipinski definition) is 0. The maximum atomic E-state index is 5.23. The van der Waals surface area contributed by atoms with Crippen LogP contribution in [0.4, 0.5) is 0 Å². The first-order valence-electron chi connectivity index (χ1n) is 21.5. The van der Waals surface area contributed by atoms with Gasteiger partial charge in [0, 0.05) is 16.7 Å². The molecule has 1 aliphatic rings. The lowest BCUT2D eigenvalue weighted by atomic mass is 9.67. The molecule has 0 atom stereocenters. The van der Waals surface area contributed by atoms with Crippen molar-refractivity contribution in [2.75, 3.05) is 0 Å². The van der Waals surface area contributed by atoms with Crippen LogP contribution >= 0.6 is 0 Å². The molecule has 1 aromatic heterocycles. The molecule has 0 spiro atoms. The van der Waals surface area contributed by atoms with Crippen LogP contribution in [0.5, 0.6) is 0 Å². The Hall–Kier alpha value is -8.27. The summed E-state index contributed by atoms with van der Waals surface area (Å²) in [6.07, 6.45) is 0. The number of aromatic nitrogens is 3. The molecule has 0 saturated carbocycles. The van der Waals surface area contributed by atoms with Gasteiger partial charge in [-0.15, -0.1) is 0 Å². The van der Waals surface area contributed by atoms with Gasteiger partial charge >= 0.3 is 0 Å². The molecule has 11 aromatic rings. The van der Waals surface area contributed by atoms with Crippen LogP contribution < -0.4 is 0 Å². The van der Waals surface area contributed by atoms with Crippen molar-refractivity contribution in [3.63, 3.8) is 0 Å². The van der Waals surface area contributed by atoms with Crippen LogP contribution in [0.2, 0.25) is 0 Å². The largest absolute Gasteiger partial charge is 0.208 e. The predicted octanol–water partition coefficient (Wildman–Crippen LogP) is 14.9. The van der Waals surface area contributed by atoms with Gasteiger partial charge in [0.15, 0.2) is 17.5 Å². The van der Waals surface area contributed by atoms with Gasteiger partial charge in [-0.25, -0.2) is 15.0 Å². The Kier molecular flexibility index (Phi) is 8.72. The van der Waals surface area contributed by atoms with E-state index >= 15 is 0 Å². The van der Waals surface area contributed by atoms with Crippen LogP contribution in [0.15, 0.2) is 237 Å². The van der Waals surface area contributed by atoms with Crippen molar-refractivity contribution in [2.24, 2.45) is 0 Å². The van der Waals surface area contributed by atoms with E-state index in [2.05, 4.69) is 218 Å². The highest BCUT2D eigenvalue weighted by atomic mass is 15.0. The lowest BCUT2D eigenvalue weighted by molar-refractivity contribution is 0.768. The predicted molar refractivity (Wildman–Crippen MR) is 259 cm³/mol. The van der Waals surface area contributed by atoms with E-state index in [1.807, 2.05) is 18.2 Å². The van der Waals surface area contributed by atoms with Crippen molar-refractivity contribution >= 4 is 21.5 Å². The van der Waals surface area contributed by atoms with Gasteiger partial charge < -0.3 is 0 Å². The summed E-state index contributed by atoms with van der Waals surface area (Å²) in [5.74, 6) is 1.92. The van der Waals surface area contributed by atoms with Crippen molar-refractivity contribution in [1.82, 2.24) is 15.0 Å². The van der Waals surface area contributed by atoms with E-state index in [0.29, 0.717) is 17.5 Å². The molecule has 294 valence electrons. The van der Waals surface area contributed by atoms with E-state index in [-0.39, 0.29) is 0 Å². The molecular formula is C60H39N3. The van der Waals surface area contributed by atoms with Crippen molar-refractivity contribution in [1.29, 1.82) is 0 Å². The molecule has 12 rings (SSSR count). The number of nitrogens with zero attached hydrogens (tertiary/aromatic N) is 3. The minimum Gasteiger partial charge on any atom is -0.208 e. The molecule has 0 N–H and O–H groups in total. The van der Waals surface area contributed by atoms with Gasteiger partial charge in [0.1, 0.15) is 0 Å². The third-order valence-electron chi connectivity index (χ3n) is 12.8. The monoisotopic (exact) mass is 801 g/mol. The zero-order valence-electron chi connectivity index (χ0n) is 34.4.